The van der Waals surface area contributed by atoms with Crippen LogP contribution in [0.15, 0.2) is 23.8 Å². The summed E-state index contributed by atoms with van der Waals surface area (Å²) >= 11 is 1.68. The minimum absolute atomic E-state index is 0.345. The van der Waals surface area contributed by atoms with E-state index >= 15 is 0 Å². The molecule has 0 spiro atoms. The molecule has 3 rings (SSSR count). The zero-order chi connectivity index (χ0) is 15.2. The highest BCUT2D eigenvalue weighted by Crippen LogP contribution is 2.15. The Balaban J connectivity index is 1.57. The maximum Gasteiger partial charge on any atom is 0.227 e. The second-order valence-corrected chi connectivity index (χ2v) is 6.38. The van der Waals surface area contributed by atoms with E-state index in [0.717, 1.165) is 55.8 Å². The zero-order valence-corrected chi connectivity index (χ0v) is 13.6. The van der Waals surface area contributed by atoms with Gasteiger partial charge in [0.05, 0.1) is 17.7 Å². The van der Waals surface area contributed by atoms with Crippen molar-refractivity contribution in [2.75, 3.05) is 37.0 Å². The lowest BCUT2D eigenvalue weighted by Gasteiger charge is -2.24. The van der Waals surface area contributed by atoms with Crippen LogP contribution >= 0.6 is 11.3 Å². The molecule has 0 radical (unpaired) electrons. The Morgan fingerprint density at radius 2 is 2.36 bits per heavy atom. The third kappa shape index (κ3) is 4.14. The van der Waals surface area contributed by atoms with Gasteiger partial charge in [-0.1, -0.05) is 0 Å². The van der Waals surface area contributed by atoms with Gasteiger partial charge in [-0.25, -0.2) is 9.97 Å². The Labute approximate surface area is 134 Å². The monoisotopic (exact) mass is 319 g/mol. The summed E-state index contributed by atoms with van der Waals surface area (Å²) in [4.78, 5) is 15.3. The van der Waals surface area contributed by atoms with E-state index in [4.69, 9.17) is 4.74 Å². The van der Waals surface area contributed by atoms with Gasteiger partial charge >= 0.3 is 0 Å². The van der Waals surface area contributed by atoms with Crippen LogP contribution in [0, 0.1) is 0 Å². The van der Waals surface area contributed by atoms with Crippen LogP contribution in [0.1, 0.15) is 17.8 Å². The van der Waals surface area contributed by atoms with Gasteiger partial charge in [0.1, 0.15) is 5.82 Å². The topological polar surface area (TPSA) is 63.2 Å². The molecule has 22 heavy (non-hydrogen) atoms. The first kappa shape index (κ1) is 15.2. The normalized spacial score (nSPS) is 18.1. The highest BCUT2D eigenvalue weighted by atomic mass is 32.1. The van der Waals surface area contributed by atoms with Gasteiger partial charge in [0.15, 0.2) is 0 Å². The van der Waals surface area contributed by atoms with Crippen LogP contribution in [0.3, 0.4) is 0 Å². The van der Waals surface area contributed by atoms with Crippen LogP contribution in [-0.4, -0.2) is 47.8 Å². The molecule has 0 bridgehead atoms. The Kier molecular flexibility index (Phi) is 5.18. The van der Waals surface area contributed by atoms with E-state index in [1.165, 1.54) is 0 Å². The lowest BCUT2D eigenvalue weighted by atomic mass is 10.1. The number of ether oxygens (including phenoxy) is 1. The number of likely N-dealkylation sites (N-methyl/N-ethyl adjacent to an activating group) is 1. The number of hydrogen-bond donors (Lipinski definition) is 1. The van der Waals surface area contributed by atoms with E-state index in [2.05, 4.69) is 25.2 Å². The predicted octanol–water partition coefficient (Wildman–Crippen LogP) is 2.20. The van der Waals surface area contributed by atoms with Gasteiger partial charge in [-0.15, -0.1) is 11.3 Å². The maximum atomic E-state index is 5.49. The average Bonchev–Trinajstić information content (AvgIpc) is 3.07. The molecule has 1 fully saturated rings. The van der Waals surface area contributed by atoms with Gasteiger partial charge in [0.2, 0.25) is 5.95 Å². The minimum Gasteiger partial charge on any atom is -0.379 e. The lowest BCUT2D eigenvalue weighted by Crippen LogP contribution is -2.30. The second kappa shape index (κ2) is 7.51. The van der Waals surface area contributed by atoms with Crippen molar-refractivity contribution in [1.29, 1.82) is 0 Å². The van der Waals surface area contributed by atoms with Gasteiger partial charge < -0.3 is 15.0 Å². The fourth-order valence-corrected chi connectivity index (χ4v) is 3.03. The summed E-state index contributed by atoms with van der Waals surface area (Å²) < 4.78 is 5.49. The molecular formula is C15H21N5OS. The van der Waals surface area contributed by atoms with Crippen molar-refractivity contribution in [3.8, 4) is 0 Å². The summed E-state index contributed by atoms with van der Waals surface area (Å²) in [7, 11) is 2.01. The molecule has 0 aliphatic carbocycles. The molecule has 7 heteroatoms. The molecule has 1 aliphatic heterocycles. The molecule has 0 unspecified atom stereocenters. The molecule has 118 valence electrons. The second-order valence-electron chi connectivity index (χ2n) is 5.40. The molecule has 0 aromatic carbocycles. The van der Waals surface area contributed by atoms with Crippen LogP contribution in [0.2, 0.25) is 0 Å². The van der Waals surface area contributed by atoms with Crippen molar-refractivity contribution in [1.82, 2.24) is 15.0 Å². The van der Waals surface area contributed by atoms with Crippen molar-refractivity contribution in [2.24, 2.45) is 0 Å². The molecule has 6 nitrogen and oxygen atoms in total. The molecule has 1 aliphatic rings. The fourth-order valence-electron chi connectivity index (χ4n) is 2.42. The van der Waals surface area contributed by atoms with E-state index < -0.39 is 0 Å². The molecule has 2 aromatic heterocycles. The summed E-state index contributed by atoms with van der Waals surface area (Å²) in [6.07, 6.45) is 6.77. The zero-order valence-electron chi connectivity index (χ0n) is 12.7. The third-order valence-electron chi connectivity index (χ3n) is 3.64. The lowest BCUT2D eigenvalue weighted by molar-refractivity contribution is 0.0875. The van der Waals surface area contributed by atoms with E-state index in [-0.39, 0.29) is 0 Å². The van der Waals surface area contributed by atoms with Crippen LogP contribution in [0.4, 0.5) is 11.8 Å². The highest BCUT2D eigenvalue weighted by molar-refractivity contribution is 7.09. The Bertz CT molecular complexity index is 571. The number of aromatic nitrogens is 3. The molecule has 2 aromatic rings. The van der Waals surface area contributed by atoms with Crippen LogP contribution in [-0.2, 0) is 11.2 Å². The van der Waals surface area contributed by atoms with E-state index in [0.29, 0.717) is 6.04 Å². The van der Waals surface area contributed by atoms with Crippen LogP contribution < -0.4 is 10.2 Å². The molecule has 0 amide bonds. The summed E-state index contributed by atoms with van der Waals surface area (Å²) in [6, 6.07) is 2.25. The first-order valence-corrected chi connectivity index (χ1v) is 8.46. The van der Waals surface area contributed by atoms with Crippen molar-refractivity contribution in [3.05, 3.63) is 28.8 Å². The van der Waals surface area contributed by atoms with Crippen molar-refractivity contribution >= 4 is 23.1 Å². The Hall–Kier alpha value is -1.73. The molecule has 0 saturated carbocycles. The molecular weight excluding hydrogens is 298 g/mol. The van der Waals surface area contributed by atoms with Gasteiger partial charge in [0, 0.05) is 44.4 Å². The van der Waals surface area contributed by atoms with Gasteiger partial charge in [0.25, 0.3) is 0 Å². The summed E-state index contributed by atoms with van der Waals surface area (Å²) in [5.41, 5.74) is 0. The van der Waals surface area contributed by atoms with E-state index in [9.17, 15) is 0 Å². The number of thiazole rings is 1. The highest BCUT2D eigenvalue weighted by Gasteiger charge is 2.14. The predicted molar refractivity (Wildman–Crippen MR) is 88.6 cm³/mol. The quantitative estimate of drug-likeness (QED) is 0.881. The van der Waals surface area contributed by atoms with Gasteiger partial charge in [-0.05, 0) is 18.9 Å². The van der Waals surface area contributed by atoms with E-state index in [1.54, 1.807) is 17.5 Å². The smallest absolute Gasteiger partial charge is 0.227 e. The number of anilines is 2. The third-order valence-corrected chi connectivity index (χ3v) is 4.48. The average molecular weight is 319 g/mol. The van der Waals surface area contributed by atoms with Crippen molar-refractivity contribution in [3.63, 3.8) is 0 Å². The number of nitrogens with one attached hydrogen (secondary N) is 1. The fraction of sp³-hybridized carbons (Fsp3) is 0.533. The summed E-state index contributed by atoms with van der Waals surface area (Å²) in [5.74, 6) is 1.60. The van der Waals surface area contributed by atoms with Crippen LogP contribution in [0.5, 0.6) is 0 Å². The SMILES string of the molecule is CN(CCc1nccs1)c1nccc(N[C@H]2CCCOC2)n1. The summed E-state index contributed by atoms with van der Waals surface area (Å²) in [5, 5.41) is 6.57. The molecule has 1 atom stereocenters. The number of hydrogen-bond acceptors (Lipinski definition) is 7. The Morgan fingerprint density at radius 1 is 1.41 bits per heavy atom. The van der Waals surface area contributed by atoms with Crippen LogP contribution in [0.25, 0.3) is 0 Å². The first-order chi connectivity index (χ1) is 10.8. The molecule has 1 N–H and O–H groups in total. The Morgan fingerprint density at radius 3 is 3.14 bits per heavy atom. The maximum absolute atomic E-state index is 5.49. The first-order valence-electron chi connectivity index (χ1n) is 7.58. The largest absolute Gasteiger partial charge is 0.379 e. The standard InChI is InChI=1S/C15H21N5OS/c1-20(8-5-14-16-7-10-22-14)15-17-6-4-13(19-15)18-12-3-2-9-21-11-12/h4,6-7,10,12H,2-3,5,8-9,11H2,1H3,(H,17,18,19)/t12-/m0/s1. The number of rotatable bonds is 6. The molecule has 1 saturated heterocycles. The van der Waals surface area contributed by atoms with Crippen molar-refractivity contribution in [2.45, 2.75) is 25.3 Å². The molecule has 3 heterocycles. The van der Waals surface area contributed by atoms with Gasteiger partial charge in [-0.2, -0.15) is 4.98 Å². The van der Waals surface area contributed by atoms with Gasteiger partial charge in [-0.3, -0.25) is 0 Å². The van der Waals surface area contributed by atoms with Crippen molar-refractivity contribution < 1.29 is 4.74 Å². The number of nitrogens with zero attached hydrogens (tertiary/aromatic N) is 4. The summed E-state index contributed by atoms with van der Waals surface area (Å²) in [6.45, 7) is 2.47. The minimum atomic E-state index is 0.345. The van der Waals surface area contributed by atoms with E-state index in [1.807, 2.05) is 24.7 Å².